The van der Waals surface area contributed by atoms with Gasteiger partial charge in [-0.25, -0.2) is 0 Å². The largest absolute Gasteiger partial charge is 0.377 e. The number of aromatic nitrogens is 1. The van der Waals surface area contributed by atoms with Crippen LogP contribution in [0, 0.1) is 0 Å². The second kappa shape index (κ2) is 9.04. The van der Waals surface area contributed by atoms with Crippen molar-refractivity contribution in [3.63, 3.8) is 0 Å². The summed E-state index contributed by atoms with van der Waals surface area (Å²) in [6.07, 6.45) is 5.12. The summed E-state index contributed by atoms with van der Waals surface area (Å²) in [5.41, 5.74) is 1.64. The summed E-state index contributed by atoms with van der Waals surface area (Å²) in [4.78, 5) is 18.8. The third kappa shape index (κ3) is 4.65. The van der Waals surface area contributed by atoms with Gasteiger partial charge in [0.1, 0.15) is 5.60 Å². The molecule has 0 radical (unpaired) electrons. The molecule has 2 aliphatic rings. The molecule has 2 fully saturated rings. The SMILES string of the molecule is O=C(NC[C@@H]1CC[C@]2(COCCN(Cc3csc4ccccc34)C2)O1)c1cccnc1. The van der Waals surface area contributed by atoms with Gasteiger partial charge >= 0.3 is 0 Å². The molecule has 2 aromatic heterocycles. The Morgan fingerprint density at radius 3 is 3.13 bits per heavy atom. The van der Waals surface area contributed by atoms with E-state index in [4.69, 9.17) is 9.47 Å². The van der Waals surface area contributed by atoms with Gasteiger partial charge in [0, 0.05) is 43.3 Å². The Morgan fingerprint density at radius 2 is 2.23 bits per heavy atom. The van der Waals surface area contributed by atoms with Gasteiger partial charge in [-0.1, -0.05) is 18.2 Å². The highest BCUT2D eigenvalue weighted by molar-refractivity contribution is 7.17. The summed E-state index contributed by atoms with van der Waals surface area (Å²) >= 11 is 1.81. The topological polar surface area (TPSA) is 63.7 Å². The molecule has 2 saturated heterocycles. The predicted molar refractivity (Wildman–Crippen MR) is 121 cm³/mol. The second-order valence-corrected chi connectivity index (χ2v) is 9.34. The smallest absolute Gasteiger partial charge is 0.252 e. The molecule has 1 aromatic carbocycles. The highest BCUT2D eigenvalue weighted by Gasteiger charge is 2.43. The number of amides is 1. The van der Waals surface area contributed by atoms with Gasteiger partial charge in [0.2, 0.25) is 0 Å². The maximum absolute atomic E-state index is 12.3. The number of ether oxygens (including phenoxy) is 2. The first kappa shape index (κ1) is 20.6. The van der Waals surface area contributed by atoms with Gasteiger partial charge in [0.15, 0.2) is 0 Å². The van der Waals surface area contributed by atoms with Crippen molar-refractivity contribution >= 4 is 27.3 Å². The van der Waals surface area contributed by atoms with E-state index in [0.29, 0.717) is 18.7 Å². The number of rotatable bonds is 5. The van der Waals surface area contributed by atoms with E-state index < -0.39 is 0 Å². The highest BCUT2D eigenvalue weighted by Crippen LogP contribution is 2.34. The minimum absolute atomic E-state index is 0.00569. The second-order valence-electron chi connectivity index (χ2n) is 8.43. The van der Waals surface area contributed by atoms with E-state index in [0.717, 1.165) is 39.1 Å². The lowest BCUT2D eigenvalue weighted by atomic mass is 9.99. The van der Waals surface area contributed by atoms with Crippen LogP contribution in [-0.2, 0) is 16.0 Å². The lowest BCUT2D eigenvalue weighted by molar-refractivity contribution is -0.0848. The molecule has 6 nitrogen and oxygen atoms in total. The monoisotopic (exact) mass is 437 g/mol. The van der Waals surface area contributed by atoms with Gasteiger partial charge in [-0.2, -0.15) is 0 Å². The van der Waals surface area contributed by atoms with E-state index in [1.165, 1.54) is 15.6 Å². The van der Waals surface area contributed by atoms with Crippen LogP contribution < -0.4 is 5.32 Å². The Balaban J connectivity index is 1.21. The van der Waals surface area contributed by atoms with Crippen LogP contribution >= 0.6 is 11.3 Å². The molecule has 3 aromatic rings. The first-order chi connectivity index (χ1) is 15.2. The van der Waals surface area contributed by atoms with E-state index in [9.17, 15) is 4.79 Å². The molecular formula is C24H27N3O3S. The molecule has 1 N–H and O–H groups in total. The van der Waals surface area contributed by atoms with Crippen molar-refractivity contribution in [2.75, 3.05) is 32.8 Å². The molecule has 0 bridgehead atoms. The van der Waals surface area contributed by atoms with Crippen molar-refractivity contribution < 1.29 is 14.3 Å². The summed E-state index contributed by atoms with van der Waals surface area (Å²) < 4.78 is 13.8. The van der Waals surface area contributed by atoms with Gasteiger partial charge in [-0.15, -0.1) is 11.3 Å². The van der Waals surface area contributed by atoms with Gasteiger partial charge in [-0.05, 0) is 47.4 Å². The number of carbonyl (C=O) groups excluding carboxylic acids is 1. The van der Waals surface area contributed by atoms with Crippen LogP contribution in [0.15, 0.2) is 54.2 Å². The van der Waals surface area contributed by atoms with Crippen LogP contribution in [0.1, 0.15) is 28.8 Å². The first-order valence-electron chi connectivity index (χ1n) is 10.8. The summed E-state index contributed by atoms with van der Waals surface area (Å²) in [5.74, 6) is -0.110. The van der Waals surface area contributed by atoms with Crippen LogP contribution in [0.3, 0.4) is 0 Å². The third-order valence-corrected chi connectivity index (χ3v) is 7.15. The fraction of sp³-hybridized carbons (Fsp3) is 0.417. The molecule has 162 valence electrons. The molecule has 1 amide bonds. The predicted octanol–water partition coefficient (Wildman–Crippen LogP) is 3.48. The summed E-state index contributed by atoms with van der Waals surface area (Å²) in [6.45, 7) is 4.49. The Bertz CT molecular complexity index is 1040. The molecule has 0 aliphatic carbocycles. The molecule has 0 saturated carbocycles. The number of nitrogens with zero attached hydrogens (tertiary/aromatic N) is 2. The lowest BCUT2D eigenvalue weighted by Crippen LogP contribution is -2.45. The number of thiophene rings is 1. The number of hydrogen-bond acceptors (Lipinski definition) is 6. The van der Waals surface area contributed by atoms with Gasteiger partial charge in [0.25, 0.3) is 5.91 Å². The highest BCUT2D eigenvalue weighted by atomic mass is 32.1. The fourth-order valence-corrected chi connectivity index (χ4v) is 5.54. The van der Waals surface area contributed by atoms with Crippen LogP contribution in [0.4, 0.5) is 0 Å². The Kier molecular flexibility index (Phi) is 6.00. The average molecular weight is 438 g/mol. The Labute approximate surface area is 186 Å². The van der Waals surface area contributed by atoms with Crippen molar-refractivity contribution in [3.8, 4) is 0 Å². The number of fused-ring (bicyclic) bond motifs is 1. The van der Waals surface area contributed by atoms with E-state index in [-0.39, 0.29) is 17.6 Å². The minimum Gasteiger partial charge on any atom is -0.377 e. The van der Waals surface area contributed by atoms with Crippen LogP contribution in [0.5, 0.6) is 0 Å². The number of benzene rings is 1. The minimum atomic E-state index is -0.300. The molecule has 2 aliphatic heterocycles. The average Bonchev–Trinajstić information content (AvgIpc) is 3.33. The van der Waals surface area contributed by atoms with E-state index >= 15 is 0 Å². The molecule has 7 heteroatoms. The van der Waals surface area contributed by atoms with Crippen LogP contribution in [-0.4, -0.2) is 60.3 Å². The molecular weight excluding hydrogens is 410 g/mol. The lowest BCUT2D eigenvalue weighted by Gasteiger charge is -2.32. The first-order valence-corrected chi connectivity index (χ1v) is 11.7. The maximum Gasteiger partial charge on any atom is 0.252 e. The number of pyridine rings is 1. The Morgan fingerprint density at radius 1 is 1.29 bits per heavy atom. The zero-order valence-electron chi connectivity index (χ0n) is 17.5. The zero-order chi connectivity index (χ0) is 21.1. The fourth-order valence-electron chi connectivity index (χ4n) is 4.58. The van der Waals surface area contributed by atoms with Gasteiger partial charge in [0.05, 0.1) is 24.9 Å². The summed E-state index contributed by atoms with van der Waals surface area (Å²) in [7, 11) is 0. The van der Waals surface area contributed by atoms with E-state index in [1.807, 2.05) is 0 Å². The normalized spacial score (nSPS) is 24.5. The molecule has 2 atom stereocenters. The van der Waals surface area contributed by atoms with Crippen molar-refractivity contribution in [3.05, 3.63) is 65.3 Å². The molecule has 5 rings (SSSR count). The Hall–Kier alpha value is -2.32. The van der Waals surface area contributed by atoms with Gasteiger partial charge in [-0.3, -0.25) is 14.7 Å². The molecule has 1 spiro atoms. The van der Waals surface area contributed by atoms with Crippen molar-refractivity contribution in [1.29, 1.82) is 0 Å². The van der Waals surface area contributed by atoms with Crippen molar-refractivity contribution in [1.82, 2.24) is 15.2 Å². The standard InChI is InChI=1S/C24H27N3O3S/c28-23(18-4-3-9-25-12-18)26-13-20-7-8-24(30-20)16-27(10-11-29-17-24)14-19-15-31-22-6-2-1-5-21(19)22/h1-6,9,12,15,20H,7-8,10-11,13-14,16-17H2,(H,26,28)/t20-,24-/m0/s1. The number of nitrogens with one attached hydrogen (secondary N) is 1. The van der Waals surface area contributed by atoms with Crippen molar-refractivity contribution in [2.24, 2.45) is 0 Å². The van der Waals surface area contributed by atoms with Crippen molar-refractivity contribution in [2.45, 2.75) is 31.1 Å². The van der Waals surface area contributed by atoms with Crippen LogP contribution in [0.25, 0.3) is 10.1 Å². The molecule has 0 unspecified atom stereocenters. The summed E-state index contributed by atoms with van der Waals surface area (Å²) in [6, 6.07) is 12.1. The quantitative estimate of drug-likeness (QED) is 0.662. The third-order valence-electron chi connectivity index (χ3n) is 6.14. The number of carbonyl (C=O) groups is 1. The number of hydrogen-bond donors (Lipinski definition) is 1. The van der Waals surface area contributed by atoms with E-state index in [1.54, 1.807) is 35.9 Å². The maximum atomic E-state index is 12.3. The van der Waals surface area contributed by atoms with Gasteiger partial charge < -0.3 is 14.8 Å². The molecule has 31 heavy (non-hydrogen) atoms. The summed E-state index contributed by atoms with van der Waals surface area (Å²) in [5, 5.41) is 6.61. The zero-order valence-corrected chi connectivity index (χ0v) is 18.3. The molecule has 4 heterocycles. The van der Waals surface area contributed by atoms with Crippen LogP contribution in [0.2, 0.25) is 0 Å². The van der Waals surface area contributed by atoms with E-state index in [2.05, 4.69) is 44.8 Å².